The molecule has 2 amide bonds. The van der Waals surface area contributed by atoms with Crippen LogP contribution in [0.25, 0.3) is 0 Å². The van der Waals surface area contributed by atoms with Crippen molar-refractivity contribution in [1.82, 2.24) is 15.1 Å². The van der Waals surface area contributed by atoms with Crippen molar-refractivity contribution >= 4 is 27.7 Å². The van der Waals surface area contributed by atoms with Crippen LogP contribution in [0, 0.1) is 0 Å². The third kappa shape index (κ3) is 6.77. The van der Waals surface area contributed by atoms with Crippen molar-refractivity contribution in [3.8, 4) is 0 Å². The summed E-state index contributed by atoms with van der Waals surface area (Å²) in [5.41, 5.74) is 0. The maximum atomic E-state index is 12.0. The van der Waals surface area contributed by atoms with Gasteiger partial charge in [0.1, 0.15) is 5.76 Å². The standard InChI is InChI=1S/C14H22BrN3O3/c1-4-7-16-13(19)9-18(3)14(20)10-17(2)8-11-5-6-12(15)21-11/h5-6H,4,7-10H2,1-3H3,(H,16,19). The highest BCUT2D eigenvalue weighted by Crippen LogP contribution is 2.15. The number of carbonyl (C=O) groups excluding carboxylic acids is 2. The van der Waals surface area contributed by atoms with Crippen LogP contribution in [0.3, 0.4) is 0 Å². The van der Waals surface area contributed by atoms with Crippen LogP contribution >= 0.6 is 15.9 Å². The Morgan fingerprint density at radius 1 is 1.29 bits per heavy atom. The second kappa shape index (κ2) is 8.84. The van der Waals surface area contributed by atoms with Gasteiger partial charge in [-0.1, -0.05) is 6.92 Å². The van der Waals surface area contributed by atoms with Crippen molar-refractivity contribution in [3.05, 3.63) is 22.6 Å². The van der Waals surface area contributed by atoms with Gasteiger partial charge in [-0.25, -0.2) is 0 Å². The molecule has 0 spiro atoms. The first-order valence-electron chi connectivity index (χ1n) is 6.85. The molecule has 0 radical (unpaired) electrons. The first-order valence-corrected chi connectivity index (χ1v) is 7.65. The Labute approximate surface area is 133 Å². The predicted octanol–water partition coefficient (Wildman–Crippen LogP) is 1.46. The molecule has 0 aliphatic heterocycles. The lowest BCUT2D eigenvalue weighted by atomic mass is 10.4. The van der Waals surface area contributed by atoms with Gasteiger partial charge in [0.05, 0.1) is 19.6 Å². The molecule has 0 saturated carbocycles. The first kappa shape index (κ1) is 17.7. The number of nitrogens with one attached hydrogen (secondary N) is 1. The molecule has 0 unspecified atom stereocenters. The monoisotopic (exact) mass is 359 g/mol. The van der Waals surface area contributed by atoms with E-state index < -0.39 is 0 Å². The van der Waals surface area contributed by atoms with Gasteiger partial charge in [-0.15, -0.1) is 0 Å². The van der Waals surface area contributed by atoms with E-state index in [-0.39, 0.29) is 24.9 Å². The Balaban J connectivity index is 2.35. The number of hydrogen-bond donors (Lipinski definition) is 1. The lowest BCUT2D eigenvalue weighted by Crippen LogP contribution is -2.42. The van der Waals surface area contributed by atoms with E-state index in [0.717, 1.165) is 12.2 Å². The van der Waals surface area contributed by atoms with Crippen molar-refractivity contribution in [2.75, 3.05) is 33.7 Å². The number of amides is 2. The number of carbonyl (C=O) groups is 2. The molecule has 21 heavy (non-hydrogen) atoms. The number of halogens is 1. The number of nitrogens with zero attached hydrogens (tertiary/aromatic N) is 2. The molecule has 0 aliphatic carbocycles. The van der Waals surface area contributed by atoms with Gasteiger partial charge < -0.3 is 14.6 Å². The van der Waals surface area contributed by atoms with E-state index in [1.165, 1.54) is 4.90 Å². The molecule has 0 saturated heterocycles. The summed E-state index contributed by atoms with van der Waals surface area (Å²) in [5.74, 6) is 0.542. The molecule has 7 heteroatoms. The lowest BCUT2D eigenvalue weighted by molar-refractivity contribution is -0.135. The average molecular weight is 360 g/mol. The van der Waals surface area contributed by atoms with Crippen LogP contribution in [-0.2, 0) is 16.1 Å². The fourth-order valence-corrected chi connectivity index (χ4v) is 2.07. The summed E-state index contributed by atoms with van der Waals surface area (Å²) >= 11 is 3.24. The van der Waals surface area contributed by atoms with Crippen LogP contribution in [0.5, 0.6) is 0 Å². The minimum Gasteiger partial charge on any atom is -0.453 e. The van der Waals surface area contributed by atoms with Crippen LogP contribution in [0.15, 0.2) is 21.2 Å². The van der Waals surface area contributed by atoms with Gasteiger partial charge in [0.25, 0.3) is 0 Å². The van der Waals surface area contributed by atoms with Crippen molar-refractivity contribution < 1.29 is 14.0 Å². The highest BCUT2D eigenvalue weighted by Gasteiger charge is 2.15. The van der Waals surface area contributed by atoms with E-state index >= 15 is 0 Å². The van der Waals surface area contributed by atoms with E-state index in [2.05, 4.69) is 21.2 Å². The number of furan rings is 1. The Bertz CT molecular complexity index is 476. The quantitative estimate of drug-likeness (QED) is 0.762. The number of rotatable bonds is 8. The van der Waals surface area contributed by atoms with Gasteiger partial charge in [0.15, 0.2) is 4.67 Å². The maximum Gasteiger partial charge on any atom is 0.239 e. The van der Waals surface area contributed by atoms with Gasteiger partial charge >= 0.3 is 0 Å². The Kier molecular flexibility index (Phi) is 7.45. The van der Waals surface area contributed by atoms with E-state index in [1.807, 2.05) is 31.0 Å². The number of likely N-dealkylation sites (N-methyl/N-ethyl adjacent to an activating group) is 2. The largest absolute Gasteiger partial charge is 0.453 e. The molecule has 0 bridgehead atoms. The van der Waals surface area contributed by atoms with Crippen molar-refractivity contribution in [1.29, 1.82) is 0 Å². The molecule has 6 nitrogen and oxygen atoms in total. The fraction of sp³-hybridized carbons (Fsp3) is 0.571. The summed E-state index contributed by atoms with van der Waals surface area (Å²) < 4.78 is 6.06. The van der Waals surface area contributed by atoms with Gasteiger partial charge in [0.2, 0.25) is 11.8 Å². The molecular weight excluding hydrogens is 338 g/mol. The third-order valence-corrected chi connectivity index (χ3v) is 3.26. The fourth-order valence-electron chi connectivity index (χ4n) is 1.73. The van der Waals surface area contributed by atoms with Gasteiger partial charge in [-0.3, -0.25) is 14.5 Å². The molecule has 0 fully saturated rings. The van der Waals surface area contributed by atoms with Crippen LogP contribution < -0.4 is 5.32 Å². The first-order chi connectivity index (χ1) is 9.92. The molecule has 1 aromatic rings. The summed E-state index contributed by atoms with van der Waals surface area (Å²) in [6, 6.07) is 3.67. The Hall–Kier alpha value is -1.34. The summed E-state index contributed by atoms with van der Waals surface area (Å²) in [5, 5.41) is 2.75. The SMILES string of the molecule is CCCNC(=O)CN(C)C(=O)CN(C)Cc1ccc(Br)o1. The molecule has 0 atom stereocenters. The molecule has 1 heterocycles. The average Bonchev–Trinajstić information content (AvgIpc) is 2.81. The highest BCUT2D eigenvalue weighted by molar-refractivity contribution is 9.10. The topological polar surface area (TPSA) is 65.8 Å². The van der Waals surface area contributed by atoms with Gasteiger partial charge in [0, 0.05) is 13.6 Å². The molecule has 1 aromatic heterocycles. The van der Waals surface area contributed by atoms with Gasteiger partial charge in [-0.05, 0) is 41.5 Å². The zero-order valence-corrected chi connectivity index (χ0v) is 14.3. The molecule has 1 rings (SSSR count). The Morgan fingerprint density at radius 2 is 2.00 bits per heavy atom. The van der Waals surface area contributed by atoms with E-state index in [4.69, 9.17) is 4.42 Å². The second-order valence-corrected chi connectivity index (χ2v) is 5.76. The minimum atomic E-state index is -0.134. The van der Waals surface area contributed by atoms with Gasteiger partial charge in [-0.2, -0.15) is 0 Å². The highest BCUT2D eigenvalue weighted by atomic mass is 79.9. The number of hydrogen-bond acceptors (Lipinski definition) is 4. The van der Waals surface area contributed by atoms with E-state index in [1.54, 1.807) is 7.05 Å². The molecule has 0 aromatic carbocycles. The van der Waals surface area contributed by atoms with Crippen molar-refractivity contribution in [3.63, 3.8) is 0 Å². The normalized spacial score (nSPS) is 10.7. The van der Waals surface area contributed by atoms with Crippen LogP contribution in [0.2, 0.25) is 0 Å². The van der Waals surface area contributed by atoms with E-state index in [0.29, 0.717) is 17.8 Å². The third-order valence-electron chi connectivity index (χ3n) is 2.84. The molecule has 118 valence electrons. The lowest BCUT2D eigenvalue weighted by Gasteiger charge is -2.21. The predicted molar refractivity (Wildman–Crippen MR) is 83.7 cm³/mol. The summed E-state index contributed by atoms with van der Waals surface area (Å²) in [4.78, 5) is 26.9. The second-order valence-electron chi connectivity index (χ2n) is 4.98. The van der Waals surface area contributed by atoms with Crippen molar-refractivity contribution in [2.45, 2.75) is 19.9 Å². The summed E-state index contributed by atoms with van der Waals surface area (Å²) in [6.07, 6.45) is 0.880. The summed E-state index contributed by atoms with van der Waals surface area (Å²) in [6.45, 7) is 3.47. The Morgan fingerprint density at radius 3 is 2.57 bits per heavy atom. The summed E-state index contributed by atoms with van der Waals surface area (Å²) in [7, 11) is 3.46. The van der Waals surface area contributed by atoms with Crippen LogP contribution in [-0.4, -0.2) is 55.3 Å². The van der Waals surface area contributed by atoms with Crippen molar-refractivity contribution in [2.24, 2.45) is 0 Å². The smallest absolute Gasteiger partial charge is 0.239 e. The zero-order valence-electron chi connectivity index (χ0n) is 12.7. The molecule has 1 N–H and O–H groups in total. The minimum absolute atomic E-state index is 0.0823. The molecule has 0 aliphatic rings. The zero-order chi connectivity index (χ0) is 15.8. The maximum absolute atomic E-state index is 12.0. The molecular formula is C14H22BrN3O3. The van der Waals surface area contributed by atoms with Crippen LogP contribution in [0.4, 0.5) is 0 Å². The van der Waals surface area contributed by atoms with Crippen LogP contribution in [0.1, 0.15) is 19.1 Å². The van der Waals surface area contributed by atoms with E-state index in [9.17, 15) is 9.59 Å².